The zero-order chi connectivity index (χ0) is 56.3. The Bertz CT molecular complexity index is 3080. The highest BCUT2D eigenvalue weighted by molar-refractivity contribution is 5.89. The molecule has 4 aromatic carbocycles. The van der Waals surface area contributed by atoms with Gasteiger partial charge in [0.1, 0.15) is 42.1 Å². The quantitative estimate of drug-likeness (QED) is 0.0955. The first-order chi connectivity index (χ1) is 37.2. The standard InChI is InChI=1S/C31H31FN4O3.C31H32N4O4/c1-20-29(38-19-23-7-5-6-22(14-23)16-34)27(28(32)24-10-11-24)25(17-35-20)18-36(30(37)39-31(2,3)4)26-12-8-21(15-33)9-13-26;1-20-29(38-19-23-7-5-6-22(14-23)16-33)27(28(36)24-10-11-24)25(17-34-20)18-35(30(37)39-31(2,3)4)26-12-8-21(15-32)9-13-26/h5-9,12-14,17,24,28H,10-11,18-19H2,1-4H3;5-9,12-14,17,24,28,36H,10-11,18-19H2,1-4H3. The summed E-state index contributed by atoms with van der Waals surface area (Å²) in [4.78, 5) is 38.6. The minimum Gasteiger partial charge on any atom is -0.487 e. The van der Waals surface area contributed by atoms with Crippen molar-refractivity contribution in [1.29, 1.82) is 21.0 Å². The molecule has 2 fully saturated rings. The topological polar surface area (TPSA) is 219 Å². The molecule has 2 atom stereocenters. The maximum absolute atomic E-state index is 16.0. The van der Waals surface area contributed by atoms with Gasteiger partial charge in [0.2, 0.25) is 0 Å². The summed E-state index contributed by atoms with van der Waals surface area (Å²) in [5.41, 5.74) is 6.43. The number of nitriles is 4. The molecule has 2 heterocycles. The zero-order valence-electron chi connectivity index (χ0n) is 45.2. The van der Waals surface area contributed by atoms with Crippen molar-refractivity contribution in [2.75, 3.05) is 9.80 Å². The lowest BCUT2D eigenvalue weighted by atomic mass is 9.98. The number of aryl methyl sites for hydroxylation is 2. The number of carbonyl (C=O) groups excluding carboxylic acids is 2. The van der Waals surface area contributed by atoms with Gasteiger partial charge < -0.3 is 24.1 Å². The molecule has 15 nitrogen and oxygen atoms in total. The molecule has 2 aliphatic carbocycles. The van der Waals surface area contributed by atoms with Gasteiger partial charge in [-0.15, -0.1) is 0 Å². The number of hydrogen-bond acceptors (Lipinski definition) is 13. The average molecular weight is 1050 g/mol. The molecule has 2 amide bonds. The number of aliphatic hydroxyl groups excluding tert-OH is 1. The van der Waals surface area contributed by atoms with E-state index in [9.17, 15) is 35.7 Å². The average Bonchev–Trinajstić information content (AvgIpc) is 4.43. The maximum atomic E-state index is 16.0. The number of hydrogen-bond donors (Lipinski definition) is 1. The number of rotatable bonds is 16. The van der Waals surface area contributed by atoms with Crippen LogP contribution in [0.15, 0.2) is 109 Å². The van der Waals surface area contributed by atoms with Gasteiger partial charge in [0.15, 0.2) is 0 Å². The van der Waals surface area contributed by atoms with Crippen LogP contribution in [0.25, 0.3) is 0 Å². The third kappa shape index (κ3) is 15.2. The van der Waals surface area contributed by atoms with E-state index in [0.717, 1.165) is 36.8 Å². The SMILES string of the molecule is Cc1ncc(CN(C(=O)OC(C)(C)C)c2ccc(C#N)cc2)c(C(F)C2CC2)c1OCc1cccc(C#N)c1.Cc1ncc(CN(C(=O)OC(C)(C)C)c2ccc(C#N)cc2)c(C(O)C2CC2)c1OCc1cccc(C#N)c1. The number of anilines is 2. The summed E-state index contributed by atoms with van der Waals surface area (Å²) < 4.78 is 39.8. The summed E-state index contributed by atoms with van der Waals surface area (Å²) in [5, 5.41) is 48.3. The molecule has 2 aliphatic rings. The van der Waals surface area contributed by atoms with Crippen LogP contribution in [0, 0.1) is 71.0 Å². The van der Waals surface area contributed by atoms with Crippen molar-refractivity contribution in [3.05, 3.63) is 176 Å². The third-order valence-corrected chi connectivity index (χ3v) is 12.7. The van der Waals surface area contributed by atoms with Crippen molar-refractivity contribution in [3.63, 3.8) is 0 Å². The number of nitrogens with zero attached hydrogens (tertiary/aromatic N) is 8. The molecule has 16 heteroatoms. The lowest BCUT2D eigenvalue weighted by Gasteiger charge is -2.29. The number of benzene rings is 4. The lowest BCUT2D eigenvalue weighted by molar-refractivity contribution is 0.0566. The minimum absolute atomic E-state index is 0.00313. The van der Waals surface area contributed by atoms with Crippen molar-refractivity contribution in [3.8, 4) is 35.8 Å². The summed E-state index contributed by atoms with van der Waals surface area (Å²) in [5.74, 6) is 0.788. The maximum Gasteiger partial charge on any atom is 0.415 e. The third-order valence-electron chi connectivity index (χ3n) is 12.7. The Morgan fingerprint density at radius 3 is 1.36 bits per heavy atom. The van der Waals surface area contributed by atoms with Gasteiger partial charge in [-0.2, -0.15) is 21.0 Å². The number of aliphatic hydroxyl groups is 1. The van der Waals surface area contributed by atoms with E-state index in [1.54, 1.807) is 146 Å². The number of alkyl halides is 1. The molecule has 0 spiro atoms. The Morgan fingerprint density at radius 1 is 0.603 bits per heavy atom. The molecular formula is C62H63FN8O7. The highest BCUT2D eigenvalue weighted by Gasteiger charge is 2.38. The van der Waals surface area contributed by atoms with E-state index in [4.69, 9.17) is 18.9 Å². The van der Waals surface area contributed by atoms with E-state index in [0.29, 0.717) is 78.8 Å². The van der Waals surface area contributed by atoms with Crippen molar-refractivity contribution < 1.29 is 38.0 Å². The molecule has 2 saturated carbocycles. The number of amides is 2. The Balaban J connectivity index is 0.000000226. The van der Waals surface area contributed by atoms with Gasteiger partial charge in [0.25, 0.3) is 0 Å². The Labute approximate surface area is 455 Å². The Morgan fingerprint density at radius 2 is 0.987 bits per heavy atom. The van der Waals surface area contributed by atoms with Crippen molar-refractivity contribution in [2.24, 2.45) is 11.8 Å². The molecule has 0 radical (unpaired) electrons. The molecule has 0 aliphatic heterocycles. The molecule has 1 N–H and O–H groups in total. The first-order valence-corrected chi connectivity index (χ1v) is 25.7. The first kappa shape index (κ1) is 56.9. The van der Waals surface area contributed by atoms with E-state index in [2.05, 4.69) is 34.2 Å². The molecule has 6 aromatic rings. The highest BCUT2D eigenvalue weighted by atomic mass is 19.1. The van der Waals surface area contributed by atoms with Gasteiger partial charge in [-0.05, 0) is 182 Å². The fourth-order valence-electron chi connectivity index (χ4n) is 8.50. The molecule has 78 heavy (non-hydrogen) atoms. The zero-order valence-corrected chi connectivity index (χ0v) is 45.2. The van der Waals surface area contributed by atoms with Gasteiger partial charge in [0, 0.05) is 40.5 Å². The van der Waals surface area contributed by atoms with E-state index in [-0.39, 0.29) is 38.1 Å². The number of halogens is 1. The predicted octanol–water partition coefficient (Wildman–Crippen LogP) is 13.2. The van der Waals surface area contributed by atoms with Crippen LogP contribution < -0.4 is 19.3 Å². The van der Waals surface area contributed by atoms with Gasteiger partial charge >= 0.3 is 12.2 Å². The minimum atomic E-state index is -1.29. The molecule has 2 unspecified atom stereocenters. The van der Waals surface area contributed by atoms with E-state index < -0.39 is 35.7 Å². The van der Waals surface area contributed by atoms with Crippen LogP contribution in [0.2, 0.25) is 0 Å². The Kier molecular flexibility index (Phi) is 18.2. The summed E-state index contributed by atoms with van der Waals surface area (Å²) in [7, 11) is 0. The predicted molar refractivity (Wildman–Crippen MR) is 290 cm³/mol. The van der Waals surface area contributed by atoms with Crippen LogP contribution >= 0.6 is 0 Å². The first-order valence-electron chi connectivity index (χ1n) is 25.7. The summed E-state index contributed by atoms with van der Waals surface area (Å²) in [6.07, 6.45) is 3.37. The fourth-order valence-corrected chi connectivity index (χ4v) is 8.50. The van der Waals surface area contributed by atoms with Crippen LogP contribution in [0.3, 0.4) is 0 Å². The van der Waals surface area contributed by atoms with Gasteiger partial charge in [0.05, 0.1) is 77.1 Å². The summed E-state index contributed by atoms with van der Waals surface area (Å²) >= 11 is 0. The second-order valence-corrected chi connectivity index (χ2v) is 21.4. The highest BCUT2D eigenvalue weighted by Crippen LogP contribution is 2.49. The van der Waals surface area contributed by atoms with Gasteiger partial charge in [-0.25, -0.2) is 14.0 Å². The van der Waals surface area contributed by atoms with E-state index in [1.165, 1.54) is 9.80 Å². The summed E-state index contributed by atoms with van der Waals surface area (Å²) in [6, 6.07) is 35.9. The van der Waals surface area contributed by atoms with Crippen LogP contribution in [0.5, 0.6) is 11.5 Å². The van der Waals surface area contributed by atoms with Gasteiger partial charge in [-0.3, -0.25) is 19.8 Å². The van der Waals surface area contributed by atoms with Crippen LogP contribution in [-0.2, 0) is 35.8 Å². The Hall–Kier alpha value is -8.83. The molecular weight excluding hydrogens is 988 g/mol. The van der Waals surface area contributed by atoms with Crippen LogP contribution in [0.1, 0.15) is 147 Å². The van der Waals surface area contributed by atoms with E-state index in [1.807, 2.05) is 19.1 Å². The fraction of sp³-hybridized carbons (Fsp3) is 0.355. The summed E-state index contributed by atoms with van der Waals surface area (Å²) in [6.45, 7) is 14.7. The van der Waals surface area contributed by atoms with Crippen molar-refractivity contribution >= 4 is 23.6 Å². The van der Waals surface area contributed by atoms with Gasteiger partial charge in [-0.1, -0.05) is 24.3 Å². The number of carbonyl (C=O) groups is 2. The molecule has 0 saturated heterocycles. The monoisotopic (exact) mass is 1050 g/mol. The molecule has 0 bridgehead atoms. The normalized spacial score (nSPS) is 13.6. The van der Waals surface area contributed by atoms with Crippen molar-refractivity contribution in [1.82, 2.24) is 9.97 Å². The van der Waals surface area contributed by atoms with Crippen molar-refractivity contribution in [2.45, 2.75) is 131 Å². The second kappa shape index (κ2) is 24.9. The molecule has 2 aromatic heterocycles. The number of aromatic nitrogens is 2. The van der Waals surface area contributed by atoms with Crippen LogP contribution in [0.4, 0.5) is 25.4 Å². The number of pyridine rings is 2. The number of ether oxygens (including phenoxy) is 4. The smallest absolute Gasteiger partial charge is 0.415 e. The molecule has 400 valence electrons. The largest absolute Gasteiger partial charge is 0.487 e. The lowest BCUT2D eigenvalue weighted by Crippen LogP contribution is -2.37. The van der Waals surface area contributed by atoms with Crippen LogP contribution in [-0.4, -0.2) is 38.5 Å². The molecule has 8 rings (SSSR count). The second-order valence-electron chi connectivity index (χ2n) is 21.4. The van der Waals surface area contributed by atoms with E-state index >= 15 is 4.39 Å².